The molecule has 0 aromatic heterocycles. The Bertz CT molecular complexity index is 1330. The van der Waals surface area contributed by atoms with E-state index in [0.717, 1.165) is 24.5 Å². The maximum atomic E-state index is 2.45. The van der Waals surface area contributed by atoms with Crippen LogP contribution in [0.5, 0.6) is 0 Å². The minimum absolute atomic E-state index is 0. The van der Waals surface area contributed by atoms with Crippen LogP contribution in [0.1, 0.15) is 22.3 Å². The van der Waals surface area contributed by atoms with Gasteiger partial charge in [-0.1, -0.05) is 97.1 Å². The van der Waals surface area contributed by atoms with Crippen LogP contribution in [0.2, 0.25) is 0 Å². The van der Waals surface area contributed by atoms with E-state index >= 15 is 0 Å². The molecule has 182 valence electrons. The van der Waals surface area contributed by atoms with Crippen molar-refractivity contribution >= 4 is 23.3 Å². The van der Waals surface area contributed by atoms with Crippen LogP contribution in [-0.4, -0.2) is 6.21 Å². The summed E-state index contributed by atoms with van der Waals surface area (Å²) in [5.74, 6) is 0. The van der Waals surface area contributed by atoms with Crippen LogP contribution in [0.25, 0.3) is 0 Å². The van der Waals surface area contributed by atoms with Crippen molar-refractivity contribution in [1.29, 1.82) is 0 Å². The van der Waals surface area contributed by atoms with Gasteiger partial charge in [0.15, 0.2) is 6.21 Å². The van der Waals surface area contributed by atoms with Crippen LogP contribution >= 0.6 is 0 Å². The Morgan fingerprint density at radius 3 is 1.43 bits per heavy atom. The van der Waals surface area contributed by atoms with Gasteiger partial charge in [0.2, 0.25) is 11.4 Å². The van der Waals surface area contributed by atoms with E-state index in [9.17, 15) is 0 Å². The molecular formula is C34H31N2W+. The summed E-state index contributed by atoms with van der Waals surface area (Å²) in [6.45, 7) is 3.92. The molecule has 0 saturated heterocycles. The summed E-state index contributed by atoms with van der Waals surface area (Å²) >= 11 is 0. The zero-order valence-corrected chi connectivity index (χ0v) is 24.0. The summed E-state index contributed by atoms with van der Waals surface area (Å²) in [5.41, 5.74) is 8.57. The summed E-state index contributed by atoms with van der Waals surface area (Å²) < 4.78 is 2.26. The molecule has 0 aliphatic rings. The molecule has 2 nitrogen and oxygen atoms in total. The Hall–Kier alpha value is -3.74. The third-order valence-electron chi connectivity index (χ3n) is 6.39. The van der Waals surface area contributed by atoms with E-state index in [2.05, 4.69) is 162 Å². The second-order valence-electron chi connectivity index (χ2n) is 9.04. The fourth-order valence-corrected chi connectivity index (χ4v) is 4.46. The summed E-state index contributed by atoms with van der Waals surface area (Å²) in [4.78, 5) is 2.45. The quantitative estimate of drug-likeness (QED) is 0.121. The third-order valence-corrected chi connectivity index (χ3v) is 6.39. The fraction of sp³-hybridized carbons (Fsp3) is 0.0882. The van der Waals surface area contributed by atoms with Gasteiger partial charge in [0.25, 0.3) is 0 Å². The second-order valence-corrected chi connectivity index (χ2v) is 9.04. The number of anilines is 1. The number of hydrogen-bond acceptors (Lipinski definition) is 1. The van der Waals surface area contributed by atoms with Gasteiger partial charge in [-0.15, -0.1) is 0 Å². The molecule has 0 heterocycles. The number of nitrogens with zero attached hydrogens (tertiary/aromatic N) is 2. The van der Waals surface area contributed by atoms with E-state index < -0.39 is 0 Å². The smallest absolute Gasteiger partial charge is 0.211 e. The van der Waals surface area contributed by atoms with E-state index in [-0.39, 0.29) is 21.1 Å². The predicted octanol–water partition coefficient (Wildman–Crippen LogP) is 8.15. The molecule has 0 radical (unpaired) electrons. The van der Waals surface area contributed by atoms with E-state index in [1.165, 1.54) is 27.9 Å². The molecule has 5 rings (SSSR count). The first kappa shape index (κ1) is 26.3. The standard InChI is InChI=1S/C34H31N2.W/c1-28-24-34(35(25-29-14-6-2-7-15-29)26-30-16-8-3-9-17-30)23-22-31(28)27-36(32-18-10-4-11-19-32)33-20-12-5-13-21-33;/h2-24,27H,25-26H2,1H3;/q+1;. The van der Waals surface area contributed by atoms with Crippen LogP contribution in [0.15, 0.2) is 140 Å². The van der Waals surface area contributed by atoms with Crippen molar-refractivity contribution in [2.75, 3.05) is 4.90 Å². The zero-order valence-electron chi connectivity index (χ0n) is 21.1. The summed E-state index contributed by atoms with van der Waals surface area (Å²) in [6.07, 6.45) is 2.24. The van der Waals surface area contributed by atoms with Crippen molar-refractivity contribution in [2.24, 2.45) is 0 Å². The molecule has 5 aromatic carbocycles. The molecule has 0 fully saturated rings. The normalized spacial score (nSPS) is 10.3. The van der Waals surface area contributed by atoms with E-state index in [1.807, 2.05) is 0 Å². The minimum atomic E-state index is 0. The first-order chi connectivity index (χ1) is 17.8. The van der Waals surface area contributed by atoms with Crippen LogP contribution in [0.3, 0.4) is 0 Å². The van der Waals surface area contributed by atoms with Gasteiger partial charge >= 0.3 is 0 Å². The van der Waals surface area contributed by atoms with Crippen molar-refractivity contribution in [1.82, 2.24) is 4.58 Å². The summed E-state index contributed by atoms with van der Waals surface area (Å²) in [7, 11) is 0. The van der Waals surface area contributed by atoms with Crippen molar-refractivity contribution < 1.29 is 21.1 Å². The van der Waals surface area contributed by atoms with Crippen LogP contribution < -0.4 is 9.48 Å². The molecule has 0 aliphatic heterocycles. The molecular weight excluding hydrogens is 620 g/mol. The molecule has 37 heavy (non-hydrogen) atoms. The maximum absolute atomic E-state index is 2.45. The first-order valence-corrected chi connectivity index (χ1v) is 12.4. The molecule has 5 aromatic rings. The number of hydrogen-bond donors (Lipinski definition) is 0. The Morgan fingerprint density at radius 2 is 1.00 bits per heavy atom. The third kappa shape index (κ3) is 6.94. The predicted molar refractivity (Wildman–Crippen MR) is 153 cm³/mol. The topological polar surface area (TPSA) is 6.25 Å². The molecule has 0 spiro atoms. The van der Waals surface area contributed by atoms with Crippen molar-refractivity contribution in [3.8, 4) is 0 Å². The average molecular weight is 651 g/mol. The van der Waals surface area contributed by atoms with Gasteiger partial charge in [-0.2, -0.15) is 4.58 Å². The molecule has 3 heteroatoms. The fourth-order valence-electron chi connectivity index (χ4n) is 4.46. The van der Waals surface area contributed by atoms with Crippen LogP contribution in [-0.2, 0) is 34.2 Å². The molecule has 0 atom stereocenters. The average Bonchev–Trinajstić information content (AvgIpc) is 2.94. The van der Waals surface area contributed by atoms with Gasteiger partial charge < -0.3 is 4.90 Å². The van der Waals surface area contributed by atoms with E-state index in [0.29, 0.717) is 0 Å². The molecule has 0 N–H and O–H groups in total. The van der Waals surface area contributed by atoms with E-state index in [1.54, 1.807) is 0 Å². The van der Waals surface area contributed by atoms with Gasteiger partial charge in [0.05, 0.1) is 0 Å². The summed E-state index contributed by atoms with van der Waals surface area (Å²) in [5, 5.41) is 0. The number of rotatable bonds is 8. The Kier molecular flexibility index (Phi) is 9.24. The molecule has 0 bridgehead atoms. The molecule has 0 aliphatic carbocycles. The van der Waals surface area contributed by atoms with Gasteiger partial charge in [-0.25, -0.2) is 0 Å². The Morgan fingerprint density at radius 1 is 0.568 bits per heavy atom. The number of benzene rings is 5. The van der Waals surface area contributed by atoms with E-state index in [4.69, 9.17) is 0 Å². The van der Waals surface area contributed by atoms with Gasteiger partial charge in [0.1, 0.15) is 0 Å². The zero-order chi connectivity index (χ0) is 24.6. The number of aryl methyl sites for hydroxylation is 1. The van der Waals surface area contributed by atoms with Crippen molar-refractivity contribution in [3.63, 3.8) is 0 Å². The Labute approximate surface area is 234 Å². The van der Waals surface area contributed by atoms with Gasteiger partial charge in [-0.05, 0) is 41.8 Å². The Balaban J connectivity index is 0.00000320. The summed E-state index contributed by atoms with van der Waals surface area (Å²) in [6, 6.07) is 49.2. The molecule has 0 saturated carbocycles. The van der Waals surface area contributed by atoms with Crippen molar-refractivity contribution in [3.05, 3.63) is 162 Å². The maximum Gasteiger partial charge on any atom is 0.211 e. The monoisotopic (exact) mass is 651 g/mol. The van der Waals surface area contributed by atoms with Crippen LogP contribution in [0.4, 0.5) is 17.1 Å². The van der Waals surface area contributed by atoms with Gasteiger partial charge in [-0.3, -0.25) is 0 Å². The molecule has 0 amide bonds. The van der Waals surface area contributed by atoms with Crippen LogP contribution in [0, 0.1) is 6.92 Å². The second kappa shape index (κ2) is 13.0. The van der Waals surface area contributed by atoms with Gasteiger partial charge in [0, 0.05) is 69.7 Å². The SMILES string of the molecule is Cc1cc(N(Cc2ccccc2)Cc2ccccc2)ccc1C=[N+](c1ccccc1)c1ccccc1.[W]. The first-order valence-electron chi connectivity index (χ1n) is 12.4. The number of para-hydroxylation sites is 2. The minimum Gasteiger partial charge on any atom is -0.363 e. The largest absolute Gasteiger partial charge is 0.363 e. The van der Waals surface area contributed by atoms with Crippen molar-refractivity contribution in [2.45, 2.75) is 20.0 Å². The molecule has 0 unspecified atom stereocenters.